The molecule has 1 aromatic rings. The van der Waals surface area contributed by atoms with Crippen LogP contribution in [0.25, 0.3) is 0 Å². The van der Waals surface area contributed by atoms with E-state index < -0.39 is 17.4 Å². The molecule has 0 spiro atoms. The lowest BCUT2D eigenvalue weighted by molar-refractivity contribution is -0.131. The number of carboxylic acid groups (broad SMARTS) is 1. The van der Waals surface area contributed by atoms with Crippen molar-refractivity contribution in [2.24, 2.45) is 0 Å². The number of nitrogens with one attached hydrogen (secondary N) is 1. The van der Waals surface area contributed by atoms with Crippen LogP contribution in [0.4, 0.5) is 18.9 Å². The molecule has 0 fully saturated rings. The van der Waals surface area contributed by atoms with Gasteiger partial charge < -0.3 is 10.4 Å². The first kappa shape index (κ1) is 15.1. The first-order chi connectivity index (χ1) is 8.78. The van der Waals surface area contributed by atoms with Gasteiger partial charge in [-0.15, -0.1) is 0 Å². The van der Waals surface area contributed by atoms with Crippen LogP contribution in [0.1, 0.15) is 0 Å². The van der Waals surface area contributed by atoms with Gasteiger partial charge in [-0.1, -0.05) is 12.1 Å². The summed E-state index contributed by atoms with van der Waals surface area (Å²) in [6.07, 6.45) is 1.31. The van der Waals surface area contributed by atoms with Gasteiger partial charge in [0, 0.05) is 17.0 Å². The van der Waals surface area contributed by atoms with Gasteiger partial charge in [0.2, 0.25) is 5.91 Å². The molecule has 0 aromatic heterocycles. The molecule has 0 aliphatic heterocycles. The molecule has 0 aliphatic carbocycles. The van der Waals surface area contributed by atoms with Crippen molar-refractivity contribution in [1.82, 2.24) is 0 Å². The SMILES string of the molecule is O=C(O)C=CC(=O)Nc1ccccc1SC(F)(F)F. The van der Waals surface area contributed by atoms with Crippen molar-refractivity contribution in [2.75, 3.05) is 5.32 Å². The molecule has 8 heteroatoms. The summed E-state index contributed by atoms with van der Waals surface area (Å²) in [5.41, 5.74) is -4.51. The van der Waals surface area contributed by atoms with E-state index in [-0.39, 0.29) is 22.3 Å². The van der Waals surface area contributed by atoms with Gasteiger partial charge in [0.25, 0.3) is 0 Å². The highest BCUT2D eigenvalue weighted by molar-refractivity contribution is 8.00. The Balaban J connectivity index is 2.84. The first-order valence-corrected chi connectivity index (χ1v) is 5.66. The summed E-state index contributed by atoms with van der Waals surface area (Å²) >= 11 is -0.361. The normalized spacial score (nSPS) is 11.5. The molecule has 1 rings (SSSR count). The van der Waals surface area contributed by atoms with Crippen LogP contribution in [-0.2, 0) is 9.59 Å². The second kappa shape index (κ2) is 6.28. The van der Waals surface area contributed by atoms with E-state index in [4.69, 9.17) is 5.11 Å². The topological polar surface area (TPSA) is 66.4 Å². The third-order valence-corrected chi connectivity index (χ3v) is 2.56. The van der Waals surface area contributed by atoms with E-state index in [2.05, 4.69) is 5.32 Å². The average Bonchev–Trinajstić information content (AvgIpc) is 2.27. The lowest BCUT2D eigenvalue weighted by Crippen LogP contribution is -2.10. The largest absolute Gasteiger partial charge is 0.478 e. The predicted octanol–water partition coefficient (Wildman–Crippen LogP) is 2.88. The van der Waals surface area contributed by atoms with Crippen molar-refractivity contribution in [3.63, 3.8) is 0 Å². The zero-order valence-corrected chi connectivity index (χ0v) is 10.1. The molecule has 0 unspecified atom stereocenters. The van der Waals surface area contributed by atoms with Gasteiger partial charge in [0.15, 0.2) is 0 Å². The fraction of sp³-hybridized carbons (Fsp3) is 0.0909. The van der Waals surface area contributed by atoms with Gasteiger partial charge in [-0.2, -0.15) is 13.2 Å². The van der Waals surface area contributed by atoms with Gasteiger partial charge in [-0.25, -0.2) is 4.79 Å². The number of hydrogen-bond donors (Lipinski definition) is 2. The Morgan fingerprint density at radius 1 is 1.21 bits per heavy atom. The monoisotopic (exact) mass is 291 g/mol. The van der Waals surface area contributed by atoms with Crippen LogP contribution in [0.5, 0.6) is 0 Å². The number of benzene rings is 1. The van der Waals surface area contributed by atoms with Crippen LogP contribution < -0.4 is 5.32 Å². The number of alkyl halides is 3. The third-order valence-electron chi connectivity index (χ3n) is 1.75. The van der Waals surface area contributed by atoms with E-state index in [1.807, 2.05) is 0 Å². The maximum Gasteiger partial charge on any atom is 0.446 e. The molecule has 1 aromatic carbocycles. The summed E-state index contributed by atoms with van der Waals surface area (Å²) in [5.74, 6) is -2.15. The Kier molecular flexibility index (Phi) is 4.99. The van der Waals surface area contributed by atoms with E-state index in [0.717, 1.165) is 6.08 Å². The van der Waals surface area contributed by atoms with Gasteiger partial charge in [-0.05, 0) is 23.9 Å². The summed E-state index contributed by atoms with van der Waals surface area (Å²) in [6.45, 7) is 0. The lowest BCUT2D eigenvalue weighted by Gasteiger charge is -2.10. The maximum absolute atomic E-state index is 12.3. The number of anilines is 1. The van der Waals surface area contributed by atoms with Crippen LogP contribution >= 0.6 is 11.8 Å². The summed E-state index contributed by atoms with van der Waals surface area (Å²) in [7, 11) is 0. The number of amides is 1. The van der Waals surface area contributed by atoms with Gasteiger partial charge >= 0.3 is 11.5 Å². The molecular weight excluding hydrogens is 283 g/mol. The van der Waals surface area contributed by atoms with Crippen molar-refractivity contribution < 1.29 is 27.9 Å². The number of hydrogen-bond acceptors (Lipinski definition) is 3. The molecule has 102 valence electrons. The quantitative estimate of drug-likeness (QED) is 0.661. The van der Waals surface area contributed by atoms with E-state index in [1.165, 1.54) is 24.3 Å². The number of carbonyl (C=O) groups is 2. The molecule has 0 atom stereocenters. The molecule has 0 heterocycles. The van der Waals surface area contributed by atoms with Crippen LogP contribution in [-0.4, -0.2) is 22.5 Å². The van der Waals surface area contributed by atoms with Crippen molar-refractivity contribution in [3.8, 4) is 0 Å². The third kappa shape index (κ3) is 5.96. The van der Waals surface area contributed by atoms with Crippen LogP contribution in [0.2, 0.25) is 0 Å². The minimum absolute atomic E-state index is 0.0372. The van der Waals surface area contributed by atoms with Gasteiger partial charge in [0.05, 0.1) is 5.69 Å². The number of thioether (sulfide) groups is 1. The Hall–Kier alpha value is -1.96. The molecule has 0 aliphatic rings. The second-order valence-electron chi connectivity index (χ2n) is 3.20. The second-order valence-corrected chi connectivity index (χ2v) is 4.31. The van der Waals surface area contributed by atoms with Gasteiger partial charge in [0.1, 0.15) is 0 Å². The summed E-state index contributed by atoms with van der Waals surface area (Å²) in [5, 5.41) is 10.5. The van der Waals surface area contributed by atoms with Crippen molar-refractivity contribution in [3.05, 3.63) is 36.4 Å². The van der Waals surface area contributed by atoms with E-state index in [0.29, 0.717) is 6.08 Å². The number of carbonyl (C=O) groups excluding carboxylic acids is 1. The summed E-state index contributed by atoms with van der Waals surface area (Å²) < 4.78 is 36.8. The fourth-order valence-corrected chi connectivity index (χ4v) is 1.73. The van der Waals surface area contributed by atoms with Crippen molar-refractivity contribution >= 4 is 29.3 Å². The zero-order valence-electron chi connectivity index (χ0n) is 9.27. The predicted molar refractivity (Wildman–Crippen MR) is 63.8 cm³/mol. The van der Waals surface area contributed by atoms with Crippen molar-refractivity contribution in [2.45, 2.75) is 10.4 Å². The highest BCUT2D eigenvalue weighted by atomic mass is 32.2. The standard InChI is InChI=1S/C11H8F3NO3S/c12-11(13,14)19-8-4-2-1-3-7(8)15-9(16)5-6-10(17)18/h1-6H,(H,15,16)(H,17,18). The van der Waals surface area contributed by atoms with Crippen molar-refractivity contribution in [1.29, 1.82) is 0 Å². The van der Waals surface area contributed by atoms with Crippen LogP contribution in [0, 0.1) is 0 Å². The lowest BCUT2D eigenvalue weighted by atomic mass is 10.3. The minimum atomic E-state index is -4.47. The molecule has 0 bridgehead atoms. The highest BCUT2D eigenvalue weighted by Crippen LogP contribution is 2.40. The Morgan fingerprint density at radius 2 is 1.84 bits per heavy atom. The average molecular weight is 291 g/mol. The molecular formula is C11H8F3NO3S. The maximum atomic E-state index is 12.3. The Bertz CT molecular complexity index is 514. The zero-order chi connectivity index (χ0) is 14.5. The summed E-state index contributed by atoms with van der Waals surface area (Å²) in [4.78, 5) is 21.3. The number of carboxylic acids is 1. The van der Waals surface area contributed by atoms with E-state index >= 15 is 0 Å². The minimum Gasteiger partial charge on any atom is -0.478 e. The molecule has 19 heavy (non-hydrogen) atoms. The Morgan fingerprint density at radius 3 is 2.42 bits per heavy atom. The van der Waals surface area contributed by atoms with Crippen LogP contribution in [0.15, 0.2) is 41.3 Å². The number of para-hydroxylation sites is 1. The first-order valence-electron chi connectivity index (χ1n) is 4.85. The molecule has 2 N–H and O–H groups in total. The molecule has 4 nitrogen and oxygen atoms in total. The Labute approximate surface area is 110 Å². The molecule has 1 amide bonds. The fourth-order valence-electron chi connectivity index (χ4n) is 1.10. The molecule has 0 saturated carbocycles. The molecule has 0 radical (unpaired) electrons. The summed E-state index contributed by atoms with van der Waals surface area (Å²) in [6, 6.07) is 5.35. The highest BCUT2D eigenvalue weighted by Gasteiger charge is 2.30. The van der Waals surface area contributed by atoms with E-state index in [1.54, 1.807) is 0 Å². The number of halogens is 3. The number of aliphatic carboxylic acids is 1. The van der Waals surface area contributed by atoms with Gasteiger partial charge in [-0.3, -0.25) is 4.79 Å². The smallest absolute Gasteiger partial charge is 0.446 e. The van der Waals surface area contributed by atoms with E-state index in [9.17, 15) is 22.8 Å². The number of rotatable bonds is 4. The van der Waals surface area contributed by atoms with Crippen LogP contribution in [0.3, 0.4) is 0 Å². The molecule has 0 saturated heterocycles.